The molecule has 9 nitrogen and oxygen atoms in total. The number of carboxylic acids is 1. The van der Waals surface area contributed by atoms with E-state index in [2.05, 4.69) is 15.3 Å². The Morgan fingerprint density at radius 1 is 1.52 bits per heavy atom. The number of fused-ring (bicyclic) bond motifs is 1. The van der Waals surface area contributed by atoms with Gasteiger partial charge in [-0.2, -0.15) is 0 Å². The molecule has 11 heteroatoms. The number of thioether (sulfide) groups is 1. The fourth-order valence-corrected chi connectivity index (χ4v) is 4.76. The number of hydrogen-bond donors (Lipinski definition) is 2. The zero-order valence-corrected chi connectivity index (χ0v) is 14.4. The molecule has 130 valence electrons. The number of carbonyl (C=O) groups is 3. The fraction of sp³-hybridized carbons (Fsp3) is 0.357. The van der Waals surface area contributed by atoms with Crippen LogP contribution in [0.5, 0.6) is 0 Å². The van der Waals surface area contributed by atoms with Crippen molar-refractivity contribution in [2.75, 3.05) is 12.3 Å². The summed E-state index contributed by atoms with van der Waals surface area (Å²) in [4.78, 5) is 40.7. The number of carbonyl (C=O) groups excluding carboxylic acids is 2. The Morgan fingerprint density at radius 3 is 2.96 bits per heavy atom. The predicted molar refractivity (Wildman–Crippen MR) is 91.7 cm³/mol. The van der Waals surface area contributed by atoms with Crippen LogP contribution in [0.3, 0.4) is 0 Å². The van der Waals surface area contributed by atoms with Gasteiger partial charge in [-0.05, 0) is 22.6 Å². The van der Waals surface area contributed by atoms with Gasteiger partial charge in [-0.3, -0.25) is 14.5 Å². The monoisotopic (exact) mass is 379 g/mol. The van der Waals surface area contributed by atoms with Crippen molar-refractivity contribution in [3.8, 4) is 0 Å². The van der Waals surface area contributed by atoms with E-state index in [-0.39, 0.29) is 24.6 Å². The molecule has 0 aliphatic carbocycles. The average molecular weight is 379 g/mol. The van der Waals surface area contributed by atoms with Crippen molar-refractivity contribution in [2.45, 2.75) is 17.8 Å². The first kappa shape index (κ1) is 17.3. The molecule has 2 atom stereocenters. The molecule has 0 unspecified atom stereocenters. The number of nitrogens with zero attached hydrogens (tertiary/aromatic N) is 4. The third-order valence-corrected chi connectivity index (χ3v) is 6.02. The lowest BCUT2D eigenvalue weighted by atomic mass is 10.0. The Hall–Kier alpha value is -2.49. The molecule has 2 aliphatic heterocycles. The summed E-state index contributed by atoms with van der Waals surface area (Å²) >= 11 is 2.80. The molecule has 1 aromatic rings. The Kier molecular flexibility index (Phi) is 4.98. The first-order valence-electron chi connectivity index (χ1n) is 7.25. The molecule has 0 bridgehead atoms. The van der Waals surface area contributed by atoms with Gasteiger partial charge < -0.3 is 10.4 Å². The highest BCUT2D eigenvalue weighted by Crippen LogP contribution is 2.40. The minimum absolute atomic E-state index is 0.100. The van der Waals surface area contributed by atoms with Crippen molar-refractivity contribution in [2.24, 2.45) is 5.11 Å². The second-order valence-electron chi connectivity index (χ2n) is 5.36. The second-order valence-corrected chi connectivity index (χ2v) is 7.49. The van der Waals surface area contributed by atoms with E-state index in [1.165, 1.54) is 23.1 Å². The summed E-state index contributed by atoms with van der Waals surface area (Å²) in [6.07, 6.45) is 0.183. The summed E-state index contributed by atoms with van der Waals surface area (Å²) in [5.74, 6) is -1.66. The maximum atomic E-state index is 12.4. The molecule has 0 radical (unpaired) electrons. The van der Waals surface area contributed by atoms with E-state index in [4.69, 9.17) is 5.53 Å². The van der Waals surface area contributed by atoms with E-state index in [1.54, 1.807) is 0 Å². The van der Waals surface area contributed by atoms with Gasteiger partial charge in [0.05, 0.1) is 13.0 Å². The zero-order chi connectivity index (χ0) is 18.0. The largest absolute Gasteiger partial charge is 0.477 e. The number of carboxylic acid groups (broad SMARTS) is 1. The van der Waals surface area contributed by atoms with Crippen LogP contribution < -0.4 is 5.32 Å². The number of thiophene rings is 1. The smallest absolute Gasteiger partial charge is 0.352 e. The summed E-state index contributed by atoms with van der Waals surface area (Å²) in [5.41, 5.74) is 8.65. The molecule has 1 saturated heterocycles. The van der Waals surface area contributed by atoms with E-state index >= 15 is 0 Å². The summed E-state index contributed by atoms with van der Waals surface area (Å²) in [7, 11) is 0. The topological polar surface area (TPSA) is 135 Å². The molecular formula is C14H13N5O4S2. The number of hydrogen-bond acceptors (Lipinski definition) is 6. The van der Waals surface area contributed by atoms with Crippen molar-refractivity contribution in [3.05, 3.63) is 44.1 Å². The van der Waals surface area contributed by atoms with Crippen molar-refractivity contribution in [1.29, 1.82) is 0 Å². The summed E-state index contributed by atoms with van der Waals surface area (Å²) in [5, 5.41) is 16.9. The van der Waals surface area contributed by atoms with Gasteiger partial charge in [0.2, 0.25) is 5.91 Å². The molecule has 2 amide bonds. The van der Waals surface area contributed by atoms with E-state index < -0.39 is 23.3 Å². The van der Waals surface area contributed by atoms with Gasteiger partial charge in [0.15, 0.2) is 0 Å². The van der Waals surface area contributed by atoms with Crippen LogP contribution in [0.4, 0.5) is 0 Å². The van der Waals surface area contributed by atoms with Gasteiger partial charge in [-0.1, -0.05) is 11.2 Å². The quantitative estimate of drug-likeness (QED) is 0.333. The van der Waals surface area contributed by atoms with Gasteiger partial charge >= 0.3 is 5.97 Å². The number of β-lactam (4-membered cyclic amide) rings is 1. The van der Waals surface area contributed by atoms with Crippen molar-refractivity contribution >= 4 is 40.9 Å². The molecule has 1 fully saturated rings. The van der Waals surface area contributed by atoms with Crippen LogP contribution in [0.15, 0.2) is 33.9 Å². The van der Waals surface area contributed by atoms with Gasteiger partial charge in [0, 0.05) is 15.5 Å². The van der Waals surface area contributed by atoms with E-state index in [1.807, 2.05) is 17.5 Å². The predicted octanol–water partition coefficient (Wildman–Crippen LogP) is 1.34. The third-order valence-electron chi connectivity index (χ3n) is 3.81. The van der Waals surface area contributed by atoms with Crippen LogP contribution in [0.1, 0.15) is 4.88 Å². The lowest BCUT2D eigenvalue weighted by Gasteiger charge is -2.49. The molecule has 0 spiro atoms. The molecule has 0 aromatic carbocycles. The van der Waals surface area contributed by atoms with Crippen LogP contribution in [-0.4, -0.2) is 51.5 Å². The maximum Gasteiger partial charge on any atom is 0.352 e. The van der Waals surface area contributed by atoms with Crippen LogP contribution in [0, 0.1) is 0 Å². The summed E-state index contributed by atoms with van der Waals surface area (Å²) in [6.45, 7) is -0.100. The molecule has 3 rings (SSSR count). The third kappa shape index (κ3) is 3.34. The first-order valence-corrected chi connectivity index (χ1v) is 9.18. The lowest BCUT2D eigenvalue weighted by molar-refractivity contribution is -0.150. The second kappa shape index (κ2) is 7.18. The molecule has 0 saturated carbocycles. The Bertz CT molecular complexity index is 800. The highest BCUT2D eigenvalue weighted by Gasteiger charge is 2.53. The van der Waals surface area contributed by atoms with Crippen molar-refractivity contribution in [1.82, 2.24) is 10.2 Å². The Balaban J connectivity index is 1.71. The number of azide groups is 1. The Morgan fingerprint density at radius 2 is 2.32 bits per heavy atom. The van der Waals surface area contributed by atoms with Crippen LogP contribution >= 0.6 is 23.1 Å². The molecule has 25 heavy (non-hydrogen) atoms. The van der Waals surface area contributed by atoms with Crippen LogP contribution in [0.2, 0.25) is 0 Å². The highest BCUT2D eigenvalue weighted by molar-refractivity contribution is 8.00. The number of rotatable bonds is 6. The Labute approximate surface area is 150 Å². The SMILES string of the molecule is [N-]=[N+]=NCC1=C(C(=O)O)N2C(=O)[C@@H](NC(=O)Cc3cccs3)[C@H]2SC1. The van der Waals surface area contributed by atoms with E-state index in [0.29, 0.717) is 11.3 Å². The average Bonchev–Trinajstić information content (AvgIpc) is 3.09. The fourth-order valence-electron chi connectivity index (χ4n) is 2.72. The molecule has 2 aliphatic rings. The molecular weight excluding hydrogens is 366 g/mol. The van der Waals surface area contributed by atoms with E-state index in [0.717, 1.165) is 9.78 Å². The first-order chi connectivity index (χ1) is 12.0. The molecule has 2 N–H and O–H groups in total. The zero-order valence-electron chi connectivity index (χ0n) is 12.8. The standard InChI is InChI=1S/C14H13N5O4S2/c15-18-16-5-7-6-25-13-10(12(21)19(13)11(7)14(22)23)17-9(20)4-8-2-1-3-24-8/h1-3,10,13H,4-6H2,(H,17,20)(H,22,23)/t10-,13-/m1/s1. The summed E-state index contributed by atoms with van der Waals surface area (Å²) < 4.78 is 0. The normalized spacial score (nSPS) is 21.9. The minimum atomic E-state index is -1.25. The van der Waals surface area contributed by atoms with Crippen molar-refractivity contribution < 1.29 is 19.5 Å². The van der Waals surface area contributed by atoms with Crippen LogP contribution in [-0.2, 0) is 20.8 Å². The minimum Gasteiger partial charge on any atom is -0.477 e. The van der Waals surface area contributed by atoms with Crippen LogP contribution in [0.25, 0.3) is 10.4 Å². The van der Waals surface area contributed by atoms with E-state index in [9.17, 15) is 19.5 Å². The highest BCUT2D eigenvalue weighted by atomic mass is 32.2. The van der Waals surface area contributed by atoms with Gasteiger partial charge in [0.1, 0.15) is 17.1 Å². The number of aliphatic carboxylic acids is 1. The van der Waals surface area contributed by atoms with Gasteiger partial charge in [-0.15, -0.1) is 23.1 Å². The number of amides is 2. The van der Waals surface area contributed by atoms with Gasteiger partial charge in [-0.25, -0.2) is 4.79 Å². The molecule has 3 heterocycles. The number of nitrogens with one attached hydrogen (secondary N) is 1. The lowest BCUT2D eigenvalue weighted by Crippen LogP contribution is -2.70. The molecule has 1 aromatic heterocycles. The van der Waals surface area contributed by atoms with Gasteiger partial charge in [0.25, 0.3) is 5.91 Å². The van der Waals surface area contributed by atoms with Crippen molar-refractivity contribution in [3.63, 3.8) is 0 Å². The maximum absolute atomic E-state index is 12.4. The summed E-state index contributed by atoms with van der Waals surface area (Å²) in [6, 6.07) is 2.94.